The van der Waals surface area contributed by atoms with Crippen LogP contribution in [0.1, 0.15) is 55.8 Å². The summed E-state index contributed by atoms with van der Waals surface area (Å²) in [6, 6.07) is 31.6. The number of hydrogen-bond donors (Lipinski definition) is 1. The molecule has 0 aromatic heterocycles. The highest BCUT2D eigenvalue weighted by molar-refractivity contribution is 6.15. The van der Waals surface area contributed by atoms with E-state index in [2.05, 4.69) is 11.4 Å². The molecule has 0 saturated heterocycles. The van der Waals surface area contributed by atoms with Crippen molar-refractivity contribution >= 4 is 28.8 Å². The third-order valence-electron chi connectivity index (χ3n) is 7.87. The molecule has 5 heteroatoms. The predicted molar refractivity (Wildman–Crippen MR) is 146 cm³/mol. The Bertz CT molecular complexity index is 1640. The molecule has 3 unspecified atom stereocenters. The molecule has 3 atom stereocenters. The van der Waals surface area contributed by atoms with Gasteiger partial charge in [-0.25, -0.2) is 0 Å². The fraction of sp³-hybridized carbons (Fsp3) is 0.121. The molecule has 0 bridgehead atoms. The van der Waals surface area contributed by atoms with Crippen molar-refractivity contribution in [3.63, 3.8) is 0 Å². The number of carbonyl (C=O) groups is 3. The molecule has 0 spiro atoms. The van der Waals surface area contributed by atoms with Crippen molar-refractivity contribution in [1.82, 2.24) is 0 Å². The molecule has 5 nitrogen and oxygen atoms in total. The normalized spacial score (nSPS) is 21.3. The molecule has 7 rings (SSSR count). The lowest BCUT2D eigenvalue weighted by molar-refractivity contribution is -0.122. The van der Waals surface area contributed by atoms with E-state index in [0.717, 1.165) is 16.8 Å². The summed E-state index contributed by atoms with van der Waals surface area (Å²) in [7, 11) is 0. The van der Waals surface area contributed by atoms with Gasteiger partial charge in [-0.3, -0.25) is 19.3 Å². The van der Waals surface area contributed by atoms with Gasteiger partial charge in [0.1, 0.15) is 5.78 Å². The fourth-order valence-corrected chi connectivity index (χ4v) is 6.11. The number of Topliss-reactive ketones (excluding diaryl/α,β-unsaturated/α-hetero) is 1. The summed E-state index contributed by atoms with van der Waals surface area (Å²) in [4.78, 5) is 42.6. The summed E-state index contributed by atoms with van der Waals surface area (Å²) < 4.78 is 0. The molecule has 3 aliphatic rings. The van der Waals surface area contributed by atoms with Crippen LogP contribution < -0.4 is 10.2 Å². The summed E-state index contributed by atoms with van der Waals surface area (Å²) in [5, 5.41) is 3.51. The number of anilines is 2. The number of nitrogens with one attached hydrogen (secondary N) is 1. The van der Waals surface area contributed by atoms with E-state index in [1.807, 2.05) is 78.9 Å². The van der Waals surface area contributed by atoms with Gasteiger partial charge in [0.05, 0.1) is 23.3 Å². The molecule has 4 aromatic carbocycles. The first kappa shape index (κ1) is 22.4. The molecule has 2 heterocycles. The molecule has 1 N–H and O–H groups in total. The van der Waals surface area contributed by atoms with Gasteiger partial charge in [-0.05, 0) is 35.4 Å². The van der Waals surface area contributed by atoms with Crippen LogP contribution in [0.5, 0.6) is 0 Å². The minimum Gasteiger partial charge on any atom is -0.357 e. The highest BCUT2D eigenvalue weighted by atomic mass is 16.2. The van der Waals surface area contributed by atoms with Gasteiger partial charge in [0.15, 0.2) is 5.78 Å². The monoisotopic (exact) mass is 496 g/mol. The second kappa shape index (κ2) is 8.67. The van der Waals surface area contributed by atoms with Crippen LogP contribution >= 0.6 is 0 Å². The van der Waals surface area contributed by atoms with Crippen molar-refractivity contribution in [2.75, 3.05) is 10.2 Å². The maximum atomic E-state index is 13.9. The van der Waals surface area contributed by atoms with E-state index in [4.69, 9.17) is 0 Å². The van der Waals surface area contributed by atoms with E-state index in [0.29, 0.717) is 34.5 Å². The second-order valence-corrected chi connectivity index (χ2v) is 10.0. The minimum absolute atomic E-state index is 0.0704. The van der Waals surface area contributed by atoms with Crippen LogP contribution in [0.25, 0.3) is 0 Å². The van der Waals surface area contributed by atoms with E-state index in [-0.39, 0.29) is 23.4 Å². The molecule has 1 aliphatic carbocycles. The van der Waals surface area contributed by atoms with Gasteiger partial charge in [-0.1, -0.05) is 84.9 Å². The van der Waals surface area contributed by atoms with Gasteiger partial charge < -0.3 is 5.32 Å². The van der Waals surface area contributed by atoms with Crippen molar-refractivity contribution in [2.45, 2.75) is 18.4 Å². The zero-order chi connectivity index (χ0) is 25.8. The second-order valence-electron chi connectivity index (χ2n) is 10.0. The average Bonchev–Trinajstić information content (AvgIpc) is 3.15. The zero-order valence-corrected chi connectivity index (χ0v) is 20.5. The minimum atomic E-state index is -0.525. The molecule has 1 amide bonds. The van der Waals surface area contributed by atoms with Gasteiger partial charge in [-0.2, -0.15) is 0 Å². The largest absolute Gasteiger partial charge is 0.357 e. The Morgan fingerprint density at radius 3 is 2.29 bits per heavy atom. The Labute approximate surface area is 220 Å². The Kier molecular flexibility index (Phi) is 5.11. The molecule has 0 saturated carbocycles. The van der Waals surface area contributed by atoms with Crippen LogP contribution in [-0.2, 0) is 4.79 Å². The van der Waals surface area contributed by atoms with Gasteiger partial charge in [-0.15, -0.1) is 0 Å². The molecule has 0 radical (unpaired) electrons. The molecular formula is C33H24N2O3. The summed E-state index contributed by atoms with van der Waals surface area (Å²) in [6.07, 6.45) is 2.50. The smallest absolute Gasteiger partial charge is 0.259 e. The summed E-state index contributed by atoms with van der Waals surface area (Å²) in [5.41, 5.74) is 5.75. The Balaban J connectivity index is 1.40. The molecule has 184 valence electrons. The van der Waals surface area contributed by atoms with E-state index in [9.17, 15) is 14.4 Å². The van der Waals surface area contributed by atoms with E-state index >= 15 is 0 Å². The van der Waals surface area contributed by atoms with E-state index in [1.165, 1.54) is 0 Å². The number of nitrogens with zero attached hydrogens (tertiary/aromatic N) is 1. The van der Waals surface area contributed by atoms with Gasteiger partial charge >= 0.3 is 0 Å². The molecular weight excluding hydrogens is 472 g/mol. The van der Waals surface area contributed by atoms with Crippen molar-refractivity contribution < 1.29 is 14.4 Å². The topological polar surface area (TPSA) is 66.5 Å². The maximum Gasteiger partial charge on any atom is 0.259 e. The van der Waals surface area contributed by atoms with Gasteiger partial charge in [0.2, 0.25) is 0 Å². The van der Waals surface area contributed by atoms with Gasteiger partial charge in [0, 0.05) is 34.7 Å². The number of benzene rings is 4. The number of hydrogen-bond acceptors (Lipinski definition) is 4. The molecule has 0 fully saturated rings. The Hall–Kier alpha value is -4.77. The van der Waals surface area contributed by atoms with Crippen LogP contribution in [0.3, 0.4) is 0 Å². The van der Waals surface area contributed by atoms with Crippen LogP contribution in [0.15, 0.2) is 115 Å². The number of fused-ring (bicyclic) bond motifs is 7. The van der Waals surface area contributed by atoms with Crippen LogP contribution in [0, 0.1) is 5.92 Å². The van der Waals surface area contributed by atoms with Crippen molar-refractivity contribution in [3.8, 4) is 0 Å². The molecule has 38 heavy (non-hydrogen) atoms. The lowest BCUT2D eigenvalue weighted by atomic mass is 9.76. The zero-order valence-electron chi connectivity index (χ0n) is 20.5. The SMILES string of the molecule is O=C(c1ccccc1)c1ccc2c(c1)NC1=CC(c3ccccc3)CC(=O)C1C1c3ccccc3C(=O)N21. The Morgan fingerprint density at radius 1 is 0.789 bits per heavy atom. The van der Waals surface area contributed by atoms with Crippen LogP contribution in [0.4, 0.5) is 11.4 Å². The first-order chi connectivity index (χ1) is 18.6. The van der Waals surface area contributed by atoms with Crippen LogP contribution in [-0.4, -0.2) is 17.5 Å². The lowest BCUT2D eigenvalue weighted by Crippen LogP contribution is -2.38. The standard InChI is InChI=1S/C33H24N2O3/c36-29-19-23(20-9-3-1-4-10-20)18-27-30(29)31-24-13-7-8-14-25(24)33(38)35(31)28-16-15-22(17-26(28)34-27)32(37)21-11-5-2-6-12-21/h1-18,23,30-31,34H,19H2. The third-order valence-corrected chi connectivity index (χ3v) is 7.87. The highest BCUT2D eigenvalue weighted by Crippen LogP contribution is 2.51. The summed E-state index contributed by atoms with van der Waals surface area (Å²) in [6.45, 7) is 0. The number of rotatable bonds is 3. The van der Waals surface area contributed by atoms with E-state index < -0.39 is 12.0 Å². The number of ketones is 2. The van der Waals surface area contributed by atoms with Gasteiger partial charge in [0.25, 0.3) is 5.91 Å². The summed E-state index contributed by atoms with van der Waals surface area (Å²) >= 11 is 0. The first-order valence-corrected chi connectivity index (χ1v) is 12.8. The predicted octanol–water partition coefficient (Wildman–Crippen LogP) is 6.30. The van der Waals surface area contributed by atoms with Crippen molar-refractivity contribution in [1.29, 1.82) is 0 Å². The Morgan fingerprint density at radius 2 is 1.50 bits per heavy atom. The quantitative estimate of drug-likeness (QED) is 0.338. The van der Waals surface area contributed by atoms with Crippen molar-refractivity contribution in [2.24, 2.45) is 5.92 Å². The number of amides is 1. The fourth-order valence-electron chi connectivity index (χ4n) is 6.11. The average molecular weight is 497 g/mol. The first-order valence-electron chi connectivity index (χ1n) is 12.8. The van der Waals surface area contributed by atoms with Crippen LogP contribution in [0.2, 0.25) is 0 Å². The molecule has 2 aliphatic heterocycles. The number of carbonyl (C=O) groups excluding carboxylic acids is 3. The highest BCUT2D eigenvalue weighted by Gasteiger charge is 2.49. The van der Waals surface area contributed by atoms with Crippen molar-refractivity contribution in [3.05, 3.63) is 143 Å². The number of allylic oxidation sites excluding steroid dienone is 1. The lowest BCUT2D eigenvalue weighted by Gasteiger charge is -2.33. The molecule has 4 aromatic rings. The summed E-state index contributed by atoms with van der Waals surface area (Å²) in [5.74, 6) is -0.728. The van der Waals surface area contributed by atoms with E-state index in [1.54, 1.807) is 29.2 Å². The maximum absolute atomic E-state index is 13.9. The third kappa shape index (κ3) is 3.43.